The first kappa shape index (κ1) is 17.5. The average molecular weight is 364 g/mol. The van der Waals surface area contributed by atoms with Crippen LogP contribution in [0.5, 0.6) is 0 Å². The predicted molar refractivity (Wildman–Crippen MR) is 107 cm³/mol. The molecular weight excluding hydrogens is 340 g/mol. The van der Waals surface area contributed by atoms with Gasteiger partial charge in [-0.15, -0.1) is 5.10 Å². The van der Waals surface area contributed by atoms with Crippen LogP contribution in [-0.4, -0.2) is 39.4 Å². The van der Waals surface area contributed by atoms with Gasteiger partial charge in [0.15, 0.2) is 11.4 Å². The second-order valence-corrected chi connectivity index (χ2v) is 6.84. The SMILES string of the molecule is CCCCC(CO)N(C)c1ccc2ncc(-c3cc4ccccc4o3)n2n1. The van der Waals surface area contributed by atoms with Crippen LogP contribution >= 0.6 is 0 Å². The van der Waals surface area contributed by atoms with Gasteiger partial charge < -0.3 is 14.4 Å². The molecule has 4 aromatic rings. The van der Waals surface area contributed by atoms with Crippen molar-refractivity contribution >= 4 is 22.4 Å². The molecule has 1 aromatic carbocycles. The smallest absolute Gasteiger partial charge is 0.155 e. The number of imidazole rings is 1. The van der Waals surface area contributed by atoms with E-state index in [-0.39, 0.29) is 12.6 Å². The molecule has 0 bridgehead atoms. The normalized spacial score (nSPS) is 12.7. The fourth-order valence-corrected chi connectivity index (χ4v) is 3.36. The maximum Gasteiger partial charge on any atom is 0.155 e. The molecule has 4 rings (SSSR count). The van der Waals surface area contributed by atoms with E-state index >= 15 is 0 Å². The third-order valence-electron chi connectivity index (χ3n) is 5.04. The van der Waals surface area contributed by atoms with Crippen LogP contribution in [0.25, 0.3) is 28.1 Å². The first-order chi connectivity index (χ1) is 13.2. The number of hydrogen-bond donors (Lipinski definition) is 1. The molecule has 0 amide bonds. The van der Waals surface area contributed by atoms with Gasteiger partial charge in [0.25, 0.3) is 0 Å². The second-order valence-electron chi connectivity index (χ2n) is 6.84. The molecule has 0 aliphatic rings. The molecule has 1 atom stereocenters. The molecule has 0 saturated carbocycles. The minimum absolute atomic E-state index is 0.0491. The highest BCUT2D eigenvalue weighted by molar-refractivity contribution is 5.82. The van der Waals surface area contributed by atoms with E-state index in [1.165, 1.54) is 0 Å². The third kappa shape index (κ3) is 3.28. The highest BCUT2D eigenvalue weighted by Gasteiger charge is 2.18. The van der Waals surface area contributed by atoms with Crippen molar-refractivity contribution < 1.29 is 9.52 Å². The Morgan fingerprint density at radius 1 is 1.22 bits per heavy atom. The Kier molecular flexibility index (Phi) is 4.81. The van der Waals surface area contributed by atoms with Crippen LogP contribution in [0.3, 0.4) is 0 Å². The Bertz CT molecular complexity index is 1020. The second kappa shape index (κ2) is 7.40. The molecule has 6 heteroatoms. The lowest BCUT2D eigenvalue weighted by Gasteiger charge is -2.27. The Morgan fingerprint density at radius 2 is 2.07 bits per heavy atom. The van der Waals surface area contributed by atoms with Gasteiger partial charge >= 0.3 is 0 Å². The first-order valence-electron chi connectivity index (χ1n) is 9.38. The lowest BCUT2D eigenvalue weighted by molar-refractivity contribution is 0.253. The van der Waals surface area contributed by atoms with Crippen LogP contribution in [-0.2, 0) is 0 Å². The molecule has 27 heavy (non-hydrogen) atoms. The summed E-state index contributed by atoms with van der Waals surface area (Å²) in [6.45, 7) is 2.26. The van der Waals surface area contributed by atoms with E-state index in [0.717, 1.165) is 53.2 Å². The van der Waals surface area contributed by atoms with Crippen molar-refractivity contribution in [2.45, 2.75) is 32.2 Å². The number of anilines is 1. The largest absolute Gasteiger partial charge is 0.454 e. The van der Waals surface area contributed by atoms with Crippen LogP contribution in [0.2, 0.25) is 0 Å². The van der Waals surface area contributed by atoms with Crippen LogP contribution in [0, 0.1) is 0 Å². The predicted octanol–water partition coefficient (Wildman–Crippen LogP) is 4.13. The Balaban J connectivity index is 1.72. The monoisotopic (exact) mass is 364 g/mol. The number of hydrogen-bond acceptors (Lipinski definition) is 5. The van der Waals surface area contributed by atoms with Crippen molar-refractivity contribution in [1.29, 1.82) is 0 Å². The average Bonchev–Trinajstić information content (AvgIpc) is 3.31. The number of fused-ring (bicyclic) bond motifs is 2. The molecule has 3 aromatic heterocycles. The number of likely N-dealkylation sites (N-methyl/N-ethyl adjacent to an activating group) is 1. The molecule has 3 heterocycles. The maximum absolute atomic E-state index is 9.77. The Labute approximate surface area is 158 Å². The van der Waals surface area contributed by atoms with Crippen LogP contribution in [0.15, 0.2) is 53.1 Å². The Morgan fingerprint density at radius 3 is 2.85 bits per heavy atom. The Hall–Kier alpha value is -2.86. The van der Waals surface area contributed by atoms with Gasteiger partial charge in [-0.2, -0.15) is 0 Å². The third-order valence-corrected chi connectivity index (χ3v) is 5.04. The summed E-state index contributed by atoms with van der Waals surface area (Å²) in [5.41, 5.74) is 2.41. The molecule has 6 nitrogen and oxygen atoms in total. The standard InChI is InChI=1S/C21H24N4O2/c1-3-4-8-16(14-26)24(2)21-11-10-20-22-13-17(25(20)23-21)19-12-15-7-5-6-9-18(15)27-19/h5-7,9-13,16,26H,3-4,8,14H2,1-2H3. The molecule has 0 aliphatic carbocycles. The zero-order chi connectivity index (χ0) is 18.8. The highest BCUT2D eigenvalue weighted by Crippen LogP contribution is 2.28. The molecular formula is C21H24N4O2. The van der Waals surface area contributed by atoms with E-state index in [9.17, 15) is 5.11 Å². The summed E-state index contributed by atoms with van der Waals surface area (Å²) in [5, 5.41) is 15.6. The van der Waals surface area contributed by atoms with Crippen LogP contribution < -0.4 is 4.90 Å². The molecule has 0 spiro atoms. The fraction of sp³-hybridized carbons (Fsp3) is 0.333. The summed E-state index contributed by atoms with van der Waals surface area (Å²) in [5.74, 6) is 1.54. The number of para-hydroxylation sites is 1. The van der Waals surface area contributed by atoms with Crippen molar-refractivity contribution in [2.24, 2.45) is 0 Å². The van der Waals surface area contributed by atoms with Crippen molar-refractivity contribution in [2.75, 3.05) is 18.6 Å². The van der Waals surface area contributed by atoms with Gasteiger partial charge in [-0.25, -0.2) is 9.50 Å². The summed E-state index contributed by atoms with van der Waals surface area (Å²) in [6, 6.07) is 13.9. The number of unbranched alkanes of at least 4 members (excludes halogenated alkanes) is 1. The van der Waals surface area contributed by atoms with Crippen LogP contribution in [0.4, 0.5) is 5.82 Å². The summed E-state index contributed by atoms with van der Waals surface area (Å²) in [4.78, 5) is 6.49. The molecule has 0 fully saturated rings. The maximum atomic E-state index is 9.77. The van der Waals surface area contributed by atoms with E-state index in [4.69, 9.17) is 9.52 Å². The number of aliphatic hydroxyl groups excluding tert-OH is 1. The molecule has 1 N–H and O–H groups in total. The minimum Gasteiger partial charge on any atom is -0.454 e. The number of furan rings is 1. The van der Waals surface area contributed by atoms with E-state index < -0.39 is 0 Å². The van der Waals surface area contributed by atoms with Gasteiger partial charge in [0.2, 0.25) is 0 Å². The van der Waals surface area contributed by atoms with Crippen LogP contribution in [0.1, 0.15) is 26.2 Å². The summed E-state index contributed by atoms with van der Waals surface area (Å²) in [7, 11) is 1.97. The molecule has 140 valence electrons. The van der Waals surface area contributed by atoms with E-state index in [1.807, 2.05) is 54.4 Å². The van der Waals surface area contributed by atoms with E-state index in [1.54, 1.807) is 10.7 Å². The number of aromatic nitrogens is 3. The minimum atomic E-state index is 0.0491. The van der Waals surface area contributed by atoms with Crippen molar-refractivity contribution in [3.63, 3.8) is 0 Å². The van der Waals surface area contributed by atoms with E-state index in [2.05, 4.69) is 11.9 Å². The van der Waals surface area contributed by atoms with E-state index in [0.29, 0.717) is 0 Å². The van der Waals surface area contributed by atoms with Gasteiger partial charge in [0.1, 0.15) is 17.1 Å². The van der Waals surface area contributed by atoms with Crippen molar-refractivity contribution in [3.05, 3.63) is 48.7 Å². The summed E-state index contributed by atoms with van der Waals surface area (Å²) < 4.78 is 7.79. The topological polar surface area (TPSA) is 66.8 Å². The number of nitrogens with zero attached hydrogens (tertiary/aromatic N) is 4. The van der Waals surface area contributed by atoms with Gasteiger partial charge in [-0.1, -0.05) is 38.0 Å². The van der Waals surface area contributed by atoms with Gasteiger partial charge in [0, 0.05) is 12.4 Å². The zero-order valence-corrected chi connectivity index (χ0v) is 15.7. The molecule has 0 saturated heterocycles. The quantitative estimate of drug-likeness (QED) is 0.534. The lowest BCUT2D eigenvalue weighted by Crippen LogP contribution is -2.35. The number of rotatable bonds is 7. The molecule has 0 radical (unpaired) electrons. The number of benzene rings is 1. The number of aliphatic hydroxyl groups is 1. The first-order valence-corrected chi connectivity index (χ1v) is 9.38. The molecule has 1 unspecified atom stereocenters. The van der Waals surface area contributed by atoms with Crippen molar-refractivity contribution in [3.8, 4) is 11.5 Å². The lowest BCUT2D eigenvalue weighted by atomic mass is 10.1. The van der Waals surface area contributed by atoms with Gasteiger partial charge in [-0.05, 0) is 30.7 Å². The van der Waals surface area contributed by atoms with Crippen molar-refractivity contribution in [1.82, 2.24) is 14.6 Å². The summed E-state index contributed by atoms with van der Waals surface area (Å²) in [6.07, 6.45) is 4.90. The summed E-state index contributed by atoms with van der Waals surface area (Å²) >= 11 is 0. The van der Waals surface area contributed by atoms with Gasteiger partial charge in [0.05, 0.1) is 18.8 Å². The highest BCUT2D eigenvalue weighted by atomic mass is 16.3. The zero-order valence-electron chi connectivity index (χ0n) is 15.7. The fourth-order valence-electron chi connectivity index (χ4n) is 3.36. The molecule has 0 aliphatic heterocycles. The van der Waals surface area contributed by atoms with Gasteiger partial charge in [-0.3, -0.25) is 0 Å².